The van der Waals surface area contributed by atoms with Crippen molar-refractivity contribution in [2.45, 2.75) is 52.5 Å². The molecule has 1 atom stereocenters. The molecule has 0 saturated carbocycles. The molecule has 2 aliphatic heterocycles. The van der Waals surface area contributed by atoms with Crippen molar-refractivity contribution in [2.75, 3.05) is 18.4 Å². The zero-order chi connectivity index (χ0) is 16.4. The average Bonchev–Trinajstić information content (AvgIpc) is 2.92. The number of carbonyl (C=O) groups is 2. The SMILES string of the molecule is CC(C)CN1C[C@@H](C(=O)Nc2cnc3n2CCCC3)CCC1=O. The molecule has 1 saturated heterocycles. The van der Waals surface area contributed by atoms with Crippen LogP contribution in [0.3, 0.4) is 0 Å². The molecule has 1 aromatic heterocycles. The second-order valence-corrected chi connectivity index (χ2v) is 7.09. The van der Waals surface area contributed by atoms with Gasteiger partial charge in [0.2, 0.25) is 11.8 Å². The van der Waals surface area contributed by atoms with Gasteiger partial charge in [-0.3, -0.25) is 9.59 Å². The lowest BCUT2D eigenvalue weighted by Gasteiger charge is -2.33. The first-order valence-electron chi connectivity index (χ1n) is 8.67. The summed E-state index contributed by atoms with van der Waals surface area (Å²) >= 11 is 0. The third kappa shape index (κ3) is 3.57. The maximum Gasteiger partial charge on any atom is 0.230 e. The minimum atomic E-state index is -0.124. The molecule has 0 bridgehead atoms. The monoisotopic (exact) mass is 318 g/mol. The quantitative estimate of drug-likeness (QED) is 0.924. The van der Waals surface area contributed by atoms with E-state index in [-0.39, 0.29) is 17.7 Å². The molecule has 126 valence electrons. The van der Waals surface area contributed by atoms with E-state index in [1.54, 1.807) is 6.20 Å². The summed E-state index contributed by atoms with van der Waals surface area (Å²) in [5.74, 6) is 2.34. The Hall–Kier alpha value is -1.85. The second kappa shape index (κ2) is 6.72. The summed E-state index contributed by atoms with van der Waals surface area (Å²) in [6, 6.07) is 0. The Bertz CT molecular complexity index is 593. The number of anilines is 1. The van der Waals surface area contributed by atoms with Crippen LogP contribution in [0, 0.1) is 11.8 Å². The molecule has 0 aliphatic carbocycles. The predicted octanol–water partition coefficient (Wildman–Crippen LogP) is 2.05. The molecule has 2 amide bonds. The number of piperidine rings is 1. The van der Waals surface area contributed by atoms with Crippen molar-refractivity contribution in [1.29, 1.82) is 0 Å². The fraction of sp³-hybridized carbons (Fsp3) is 0.706. The Morgan fingerprint density at radius 2 is 2.22 bits per heavy atom. The fourth-order valence-electron chi connectivity index (χ4n) is 3.49. The minimum Gasteiger partial charge on any atom is -0.342 e. The molecule has 1 fully saturated rings. The molecule has 6 nitrogen and oxygen atoms in total. The van der Waals surface area contributed by atoms with Crippen LogP contribution in [0.1, 0.15) is 45.4 Å². The van der Waals surface area contributed by atoms with Crippen molar-refractivity contribution >= 4 is 17.6 Å². The van der Waals surface area contributed by atoms with Gasteiger partial charge in [0.15, 0.2) is 0 Å². The number of hydrogen-bond acceptors (Lipinski definition) is 3. The summed E-state index contributed by atoms with van der Waals surface area (Å²) in [5, 5.41) is 3.03. The van der Waals surface area contributed by atoms with Crippen molar-refractivity contribution in [2.24, 2.45) is 11.8 Å². The van der Waals surface area contributed by atoms with Gasteiger partial charge in [0.1, 0.15) is 11.6 Å². The zero-order valence-corrected chi connectivity index (χ0v) is 14.0. The summed E-state index contributed by atoms with van der Waals surface area (Å²) in [6.07, 6.45) is 6.15. The van der Waals surface area contributed by atoms with E-state index in [1.807, 2.05) is 4.90 Å². The van der Waals surface area contributed by atoms with Crippen LogP contribution in [0.5, 0.6) is 0 Å². The van der Waals surface area contributed by atoms with E-state index in [1.165, 1.54) is 6.42 Å². The maximum atomic E-state index is 12.6. The third-order valence-corrected chi connectivity index (χ3v) is 4.68. The highest BCUT2D eigenvalue weighted by Gasteiger charge is 2.31. The molecule has 6 heteroatoms. The number of fused-ring (bicyclic) bond motifs is 1. The lowest BCUT2D eigenvalue weighted by Crippen LogP contribution is -2.45. The molecular weight excluding hydrogens is 292 g/mol. The zero-order valence-electron chi connectivity index (χ0n) is 14.0. The number of nitrogens with one attached hydrogen (secondary N) is 1. The molecular formula is C17H26N4O2. The van der Waals surface area contributed by atoms with E-state index in [4.69, 9.17) is 0 Å². The number of rotatable bonds is 4. The van der Waals surface area contributed by atoms with E-state index in [2.05, 4.69) is 28.7 Å². The highest BCUT2D eigenvalue weighted by molar-refractivity contribution is 5.93. The first-order valence-corrected chi connectivity index (χ1v) is 8.67. The van der Waals surface area contributed by atoms with E-state index in [0.29, 0.717) is 25.3 Å². The minimum absolute atomic E-state index is 0.0135. The number of hydrogen-bond donors (Lipinski definition) is 1. The summed E-state index contributed by atoms with van der Waals surface area (Å²) in [7, 11) is 0. The van der Waals surface area contributed by atoms with Gasteiger partial charge in [-0.1, -0.05) is 13.8 Å². The van der Waals surface area contributed by atoms with Crippen LogP contribution in [0.25, 0.3) is 0 Å². The Balaban J connectivity index is 1.64. The van der Waals surface area contributed by atoms with Gasteiger partial charge in [0, 0.05) is 32.5 Å². The molecule has 3 rings (SSSR count). The first kappa shape index (κ1) is 16.0. The van der Waals surface area contributed by atoms with E-state index in [9.17, 15) is 9.59 Å². The fourth-order valence-corrected chi connectivity index (χ4v) is 3.49. The molecule has 2 aliphatic rings. The summed E-state index contributed by atoms with van der Waals surface area (Å²) < 4.78 is 2.11. The molecule has 1 N–H and O–H groups in total. The van der Waals surface area contributed by atoms with Gasteiger partial charge >= 0.3 is 0 Å². The normalized spacial score (nSPS) is 21.4. The van der Waals surface area contributed by atoms with Gasteiger partial charge in [-0.05, 0) is 25.2 Å². The van der Waals surface area contributed by atoms with Crippen LogP contribution < -0.4 is 5.32 Å². The van der Waals surface area contributed by atoms with Gasteiger partial charge < -0.3 is 14.8 Å². The number of likely N-dealkylation sites (tertiary alicyclic amines) is 1. The van der Waals surface area contributed by atoms with Crippen LogP contribution >= 0.6 is 0 Å². The molecule has 0 spiro atoms. The number of carbonyl (C=O) groups excluding carboxylic acids is 2. The van der Waals surface area contributed by atoms with E-state index < -0.39 is 0 Å². The first-order chi connectivity index (χ1) is 11.0. The number of imidazole rings is 1. The molecule has 3 heterocycles. The van der Waals surface area contributed by atoms with Gasteiger partial charge in [-0.2, -0.15) is 0 Å². The van der Waals surface area contributed by atoms with Crippen LogP contribution in [-0.2, 0) is 22.6 Å². The third-order valence-electron chi connectivity index (χ3n) is 4.68. The highest BCUT2D eigenvalue weighted by Crippen LogP contribution is 2.23. The van der Waals surface area contributed by atoms with Crippen LogP contribution in [0.4, 0.5) is 5.82 Å². The lowest BCUT2D eigenvalue weighted by molar-refractivity contribution is -0.137. The van der Waals surface area contributed by atoms with Crippen LogP contribution in [0.15, 0.2) is 6.20 Å². The van der Waals surface area contributed by atoms with Crippen molar-refractivity contribution in [3.8, 4) is 0 Å². The van der Waals surface area contributed by atoms with E-state index >= 15 is 0 Å². The highest BCUT2D eigenvalue weighted by atomic mass is 16.2. The van der Waals surface area contributed by atoms with Gasteiger partial charge in [0.05, 0.1) is 12.1 Å². The second-order valence-electron chi connectivity index (χ2n) is 7.09. The number of aromatic nitrogens is 2. The maximum absolute atomic E-state index is 12.6. The predicted molar refractivity (Wildman–Crippen MR) is 87.9 cm³/mol. The van der Waals surface area contributed by atoms with Gasteiger partial charge in [0.25, 0.3) is 0 Å². The number of nitrogens with zero attached hydrogens (tertiary/aromatic N) is 3. The Morgan fingerprint density at radius 1 is 1.39 bits per heavy atom. The Kier molecular flexibility index (Phi) is 4.68. The smallest absolute Gasteiger partial charge is 0.230 e. The van der Waals surface area contributed by atoms with Crippen molar-refractivity contribution in [3.63, 3.8) is 0 Å². The molecule has 1 aromatic rings. The van der Waals surface area contributed by atoms with Crippen molar-refractivity contribution in [1.82, 2.24) is 14.5 Å². The van der Waals surface area contributed by atoms with E-state index in [0.717, 1.165) is 37.6 Å². The molecule has 0 radical (unpaired) electrons. The average molecular weight is 318 g/mol. The Labute approximate surface area is 137 Å². The lowest BCUT2D eigenvalue weighted by atomic mass is 9.96. The Morgan fingerprint density at radius 3 is 3.00 bits per heavy atom. The van der Waals surface area contributed by atoms with Crippen LogP contribution in [0.2, 0.25) is 0 Å². The summed E-state index contributed by atoms with van der Waals surface area (Å²) in [5.41, 5.74) is 0. The standard InChI is InChI=1S/C17H26N4O2/c1-12(2)10-20-11-13(6-7-16(20)22)17(23)19-15-9-18-14-5-3-4-8-21(14)15/h9,12-13H,3-8,10-11H2,1-2H3,(H,19,23)/t13-/m0/s1. The summed E-state index contributed by atoms with van der Waals surface area (Å²) in [4.78, 5) is 30.8. The number of aryl methyl sites for hydroxylation is 1. The molecule has 23 heavy (non-hydrogen) atoms. The number of amides is 2. The van der Waals surface area contributed by atoms with Crippen molar-refractivity contribution < 1.29 is 9.59 Å². The van der Waals surface area contributed by atoms with Gasteiger partial charge in [-0.25, -0.2) is 4.98 Å². The molecule has 0 unspecified atom stereocenters. The van der Waals surface area contributed by atoms with Crippen molar-refractivity contribution in [3.05, 3.63) is 12.0 Å². The van der Waals surface area contributed by atoms with Crippen LogP contribution in [-0.4, -0.2) is 39.4 Å². The molecule has 0 aromatic carbocycles. The largest absolute Gasteiger partial charge is 0.342 e. The summed E-state index contributed by atoms with van der Waals surface area (Å²) in [6.45, 7) is 6.37. The van der Waals surface area contributed by atoms with Gasteiger partial charge in [-0.15, -0.1) is 0 Å². The topological polar surface area (TPSA) is 67.2 Å².